The third-order valence-corrected chi connectivity index (χ3v) is 18.1. The smallest absolute Gasteiger partial charge is 0.220 e. The highest BCUT2D eigenvalue weighted by molar-refractivity contribution is 5.76. The number of ether oxygens (including phenoxy) is 4. The maximum absolute atomic E-state index is 13.3. The Kier molecular flexibility index (Phi) is 53.7. The van der Waals surface area contributed by atoms with Crippen LogP contribution < -0.4 is 5.32 Å². The maximum Gasteiger partial charge on any atom is 0.220 e. The molecule has 86 heavy (non-hydrogen) atoms. The molecule has 2 fully saturated rings. The van der Waals surface area contributed by atoms with E-state index < -0.39 is 86.8 Å². The lowest BCUT2D eigenvalue weighted by Crippen LogP contribution is -2.65. The average Bonchev–Trinajstić information content (AvgIpc) is 2.45. The summed E-state index contributed by atoms with van der Waals surface area (Å²) in [6.07, 6.45) is 55.6. The van der Waals surface area contributed by atoms with Crippen LogP contribution in [-0.4, -0.2) is 140 Å². The first-order valence-electron chi connectivity index (χ1n) is 36.6. The molecule has 0 aromatic heterocycles. The Morgan fingerprint density at radius 2 is 0.744 bits per heavy atom. The fourth-order valence-electron chi connectivity index (χ4n) is 12.3. The number of carbonyl (C=O) groups is 1. The van der Waals surface area contributed by atoms with Gasteiger partial charge in [-0.25, -0.2) is 0 Å². The van der Waals surface area contributed by atoms with Crippen LogP contribution in [0.15, 0.2) is 24.3 Å². The van der Waals surface area contributed by atoms with Crippen molar-refractivity contribution in [3.63, 3.8) is 0 Å². The molecule has 0 aromatic carbocycles. The highest BCUT2D eigenvalue weighted by Crippen LogP contribution is 2.30. The number of rotatable bonds is 61. The van der Waals surface area contributed by atoms with E-state index in [2.05, 4.69) is 31.3 Å². The minimum Gasteiger partial charge on any atom is -0.394 e. The van der Waals surface area contributed by atoms with Crippen molar-refractivity contribution in [3.05, 3.63) is 24.3 Å². The van der Waals surface area contributed by atoms with E-state index in [1.54, 1.807) is 6.08 Å². The standard InChI is InChI=1S/C72H137NO13/c1-3-5-7-9-11-13-15-17-19-21-22-23-24-25-26-27-28-29-30-31-32-33-34-35-36-37-38-39-40-42-44-46-48-50-52-54-56-64(77)73-60(61(76)55-53-51-49-47-45-43-41-20-18-16-14-12-10-8-6-4-2)59-83-71-69(82)67(80)70(63(58-75)85-71)86-72-68(81)66(79)65(78)62(57-74)84-72/h45,47,53,55,60-63,65-72,74-76,78-82H,3-44,46,48-52,54,56-59H2,1-2H3,(H,73,77)/b47-45+,55-53+. The number of amides is 1. The molecule has 508 valence electrons. The zero-order chi connectivity index (χ0) is 62.3. The Morgan fingerprint density at radius 1 is 0.407 bits per heavy atom. The Bertz CT molecular complexity index is 1540. The summed E-state index contributed by atoms with van der Waals surface area (Å²) in [6, 6.07) is -0.929. The second-order valence-corrected chi connectivity index (χ2v) is 26.1. The summed E-state index contributed by atoms with van der Waals surface area (Å²) >= 11 is 0. The van der Waals surface area contributed by atoms with Crippen molar-refractivity contribution < 1.29 is 64.6 Å². The number of unbranched alkanes of at least 4 members (excludes halogenated alkanes) is 46. The third kappa shape index (κ3) is 41.1. The van der Waals surface area contributed by atoms with Crippen LogP contribution in [0.25, 0.3) is 0 Å². The molecule has 12 atom stereocenters. The van der Waals surface area contributed by atoms with Crippen molar-refractivity contribution in [2.45, 2.75) is 408 Å². The van der Waals surface area contributed by atoms with E-state index in [1.807, 2.05) is 6.08 Å². The topological polar surface area (TPSA) is 228 Å². The summed E-state index contributed by atoms with van der Waals surface area (Å²) in [6.45, 7) is 2.82. The molecular weight excluding hydrogens is 1090 g/mol. The highest BCUT2D eigenvalue weighted by atomic mass is 16.7. The lowest BCUT2D eigenvalue weighted by molar-refractivity contribution is -0.359. The van der Waals surface area contributed by atoms with Gasteiger partial charge in [-0.1, -0.05) is 321 Å². The van der Waals surface area contributed by atoms with Crippen LogP contribution >= 0.6 is 0 Å². The van der Waals surface area contributed by atoms with Crippen LogP contribution in [0.1, 0.15) is 335 Å². The van der Waals surface area contributed by atoms with Crippen LogP contribution in [-0.2, 0) is 23.7 Å². The van der Waals surface area contributed by atoms with Crippen LogP contribution in [0.4, 0.5) is 0 Å². The number of carbonyl (C=O) groups excluding carboxylic acids is 1. The van der Waals surface area contributed by atoms with E-state index in [9.17, 15) is 45.6 Å². The van der Waals surface area contributed by atoms with Crippen LogP contribution in [0.5, 0.6) is 0 Å². The Hall–Kier alpha value is -1.53. The van der Waals surface area contributed by atoms with Gasteiger partial charge in [0.15, 0.2) is 12.6 Å². The Balaban J connectivity index is 1.59. The van der Waals surface area contributed by atoms with Crippen LogP contribution in [0.2, 0.25) is 0 Å². The van der Waals surface area contributed by atoms with E-state index in [4.69, 9.17) is 18.9 Å². The predicted molar refractivity (Wildman–Crippen MR) is 351 cm³/mol. The van der Waals surface area contributed by atoms with Gasteiger partial charge in [-0.2, -0.15) is 0 Å². The summed E-state index contributed by atoms with van der Waals surface area (Å²) in [5.41, 5.74) is 0. The van der Waals surface area contributed by atoms with Crippen molar-refractivity contribution >= 4 is 5.91 Å². The fourth-order valence-corrected chi connectivity index (χ4v) is 12.3. The minimum atomic E-state index is -1.79. The molecule has 0 spiro atoms. The molecule has 12 unspecified atom stereocenters. The molecule has 0 bridgehead atoms. The number of hydrogen-bond donors (Lipinski definition) is 9. The first-order valence-corrected chi connectivity index (χ1v) is 36.6. The predicted octanol–water partition coefficient (Wildman–Crippen LogP) is 15.1. The van der Waals surface area contributed by atoms with Crippen molar-refractivity contribution in [3.8, 4) is 0 Å². The summed E-state index contributed by atoms with van der Waals surface area (Å²) in [7, 11) is 0. The second-order valence-electron chi connectivity index (χ2n) is 26.1. The summed E-state index contributed by atoms with van der Waals surface area (Å²) in [5, 5.41) is 87.3. The molecule has 0 radical (unpaired) electrons. The molecule has 2 saturated heterocycles. The largest absolute Gasteiger partial charge is 0.394 e. The van der Waals surface area contributed by atoms with E-state index in [-0.39, 0.29) is 18.9 Å². The lowest BCUT2D eigenvalue weighted by Gasteiger charge is -2.46. The van der Waals surface area contributed by atoms with Crippen LogP contribution in [0.3, 0.4) is 0 Å². The third-order valence-electron chi connectivity index (χ3n) is 18.1. The maximum atomic E-state index is 13.3. The van der Waals surface area contributed by atoms with E-state index >= 15 is 0 Å². The SMILES string of the molecule is CCCCCCCCCCCC/C=C/CC/C=C/C(O)C(COC1OC(CO)C(OC2OC(CO)C(O)C(O)C2O)C(O)C1O)NC(=O)CCCCCCCCCCCCCCCCCCCCCCCCCCCCCCCCCCCCCC. The van der Waals surface area contributed by atoms with Gasteiger partial charge in [0.05, 0.1) is 32.0 Å². The normalized spacial score (nSPS) is 23.5. The molecule has 2 aliphatic heterocycles. The van der Waals surface area contributed by atoms with Gasteiger partial charge in [0, 0.05) is 6.42 Å². The lowest BCUT2D eigenvalue weighted by atomic mass is 9.97. The molecule has 9 N–H and O–H groups in total. The van der Waals surface area contributed by atoms with E-state index in [1.165, 1.54) is 270 Å². The molecule has 2 rings (SSSR count). The molecule has 2 heterocycles. The second kappa shape index (κ2) is 57.4. The number of allylic oxidation sites excluding steroid dienone is 3. The van der Waals surface area contributed by atoms with Gasteiger partial charge in [0.1, 0.15) is 48.8 Å². The summed E-state index contributed by atoms with van der Waals surface area (Å²) in [5.74, 6) is -0.242. The zero-order valence-electron chi connectivity index (χ0n) is 55.3. The minimum absolute atomic E-state index is 0.242. The molecule has 0 aromatic rings. The molecule has 0 saturated carbocycles. The van der Waals surface area contributed by atoms with Crippen molar-refractivity contribution in [1.29, 1.82) is 0 Å². The van der Waals surface area contributed by atoms with Gasteiger partial charge in [0.25, 0.3) is 0 Å². The number of hydrogen-bond acceptors (Lipinski definition) is 13. The molecular formula is C72H137NO13. The number of aliphatic hydroxyl groups excluding tert-OH is 8. The summed E-state index contributed by atoms with van der Waals surface area (Å²) < 4.78 is 22.8. The highest BCUT2D eigenvalue weighted by Gasteiger charge is 2.51. The monoisotopic (exact) mass is 1220 g/mol. The summed E-state index contributed by atoms with van der Waals surface area (Å²) in [4.78, 5) is 13.3. The quantitative estimate of drug-likeness (QED) is 0.0204. The van der Waals surface area contributed by atoms with Crippen molar-refractivity contribution in [2.24, 2.45) is 0 Å². The van der Waals surface area contributed by atoms with E-state index in [0.29, 0.717) is 12.8 Å². The van der Waals surface area contributed by atoms with Gasteiger partial charge >= 0.3 is 0 Å². The molecule has 14 heteroatoms. The fraction of sp³-hybridized carbons (Fsp3) is 0.931. The first-order chi connectivity index (χ1) is 42.1. The van der Waals surface area contributed by atoms with Gasteiger partial charge < -0.3 is 65.1 Å². The molecule has 1 amide bonds. The average molecular weight is 1220 g/mol. The van der Waals surface area contributed by atoms with E-state index in [0.717, 1.165) is 32.1 Å². The molecule has 0 aliphatic carbocycles. The van der Waals surface area contributed by atoms with Gasteiger partial charge in [-0.05, 0) is 32.1 Å². The molecule has 14 nitrogen and oxygen atoms in total. The van der Waals surface area contributed by atoms with Gasteiger partial charge in [0.2, 0.25) is 5.91 Å². The Labute approximate surface area is 526 Å². The van der Waals surface area contributed by atoms with Crippen LogP contribution in [0, 0.1) is 0 Å². The number of aliphatic hydroxyl groups is 8. The first kappa shape index (κ1) is 80.6. The number of nitrogens with one attached hydrogen (secondary N) is 1. The van der Waals surface area contributed by atoms with Crippen molar-refractivity contribution in [1.82, 2.24) is 5.32 Å². The van der Waals surface area contributed by atoms with Gasteiger partial charge in [-0.15, -0.1) is 0 Å². The molecule has 2 aliphatic rings. The zero-order valence-corrected chi connectivity index (χ0v) is 55.3. The Morgan fingerprint density at radius 3 is 1.14 bits per heavy atom. The van der Waals surface area contributed by atoms with Gasteiger partial charge in [-0.3, -0.25) is 4.79 Å². The van der Waals surface area contributed by atoms with Crippen molar-refractivity contribution in [2.75, 3.05) is 19.8 Å².